The number of hydrogen-bond acceptors (Lipinski definition) is 6. The van der Waals surface area contributed by atoms with Crippen molar-refractivity contribution in [1.29, 1.82) is 0 Å². The maximum atomic E-state index is 6.66. The van der Waals surface area contributed by atoms with Crippen molar-refractivity contribution in [3.63, 3.8) is 0 Å². The Labute approximate surface area is 361 Å². The van der Waals surface area contributed by atoms with Crippen molar-refractivity contribution in [1.82, 2.24) is 19.5 Å². The summed E-state index contributed by atoms with van der Waals surface area (Å²) in [6.07, 6.45) is 0. The zero-order chi connectivity index (χ0) is 40.5. The van der Waals surface area contributed by atoms with E-state index in [1.54, 1.807) is 22.7 Å². The van der Waals surface area contributed by atoms with Crippen molar-refractivity contribution in [2.45, 2.75) is 0 Å². The van der Waals surface area contributed by atoms with Crippen LogP contribution >= 0.6 is 22.7 Å². The molecule has 9 aromatic carbocycles. The summed E-state index contributed by atoms with van der Waals surface area (Å²) in [6.45, 7) is 0. The van der Waals surface area contributed by atoms with Crippen LogP contribution < -0.4 is 0 Å². The van der Waals surface area contributed by atoms with Crippen LogP contribution in [0.5, 0.6) is 0 Å². The monoisotopic (exact) mass is 826 g/mol. The van der Waals surface area contributed by atoms with E-state index in [1.165, 1.54) is 51.1 Å². The molecular weight excluding hydrogens is 797 g/mol. The van der Waals surface area contributed by atoms with Gasteiger partial charge in [0.2, 0.25) is 0 Å². The Morgan fingerprint density at radius 2 is 0.887 bits per heavy atom. The number of fused-ring (bicyclic) bond motifs is 13. The van der Waals surface area contributed by atoms with Crippen molar-refractivity contribution < 1.29 is 4.42 Å². The van der Waals surface area contributed by atoms with Gasteiger partial charge in [-0.25, -0.2) is 15.0 Å². The molecular formula is C55H30N4OS2. The molecule has 0 aliphatic heterocycles. The van der Waals surface area contributed by atoms with Gasteiger partial charge >= 0.3 is 0 Å². The Kier molecular flexibility index (Phi) is 7.08. The predicted octanol–water partition coefficient (Wildman–Crippen LogP) is 15.8. The van der Waals surface area contributed by atoms with Crippen molar-refractivity contribution in [2.24, 2.45) is 0 Å². The van der Waals surface area contributed by atoms with Crippen LogP contribution in [0.4, 0.5) is 0 Å². The van der Waals surface area contributed by atoms with Gasteiger partial charge in [-0.3, -0.25) is 0 Å². The van der Waals surface area contributed by atoms with Crippen LogP contribution in [-0.4, -0.2) is 19.5 Å². The quantitative estimate of drug-likeness (QED) is 0.177. The van der Waals surface area contributed by atoms with Gasteiger partial charge in [-0.15, -0.1) is 22.7 Å². The lowest BCUT2D eigenvalue weighted by Crippen LogP contribution is -2.04. The van der Waals surface area contributed by atoms with Gasteiger partial charge in [0.1, 0.15) is 11.2 Å². The third-order valence-electron chi connectivity index (χ3n) is 12.4. The molecule has 5 aromatic heterocycles. The number of thiophene rings is 2. The smallest absolute Gasteiger partial charge is 0.166 e. The van der Waals surface area contributed by atoms with Crippen LogP contribution in [-0.2, 0) is 0 Å². The first-order valence-corrected chi connectivity index (χ1v) is 22.3. The average molecular weight is 827 g/mol. The lowest BCUT2D eigenvalue weighted by molar-refractivity contribution is 0.668. The maximum Gasteiger partial charge on any atom is 0.166 e. The van der Waals surface area contributed by atoms with Gasteiger partial charge in [0, 0.05) is 84.6 Å². The Morgan fingerprint density at radius 1 is 0.355 bits per heavy atom. The molecule has 0 fully saturated rings. The fourth-order valence-electron chi connectivity index (χ4n) is 9.70. The summed E-state index contributed by atoms with van der Waals surface area (Å²) in [6, 6.07) is 64.8. The number of rotatable bonds is 4. The van der Waals surface area contributed by atoms with Gasteiger partial charge in [-0.1, -0.05) is 121 Å². The summed E-state index contributed by atoms with van der Waals surface area (Å²) in [7, 11) is 0. The van der Waals surface area contributed by atoms with Crippen molar-refractivity contribution in [2.75, 3.05) is 0 Å². The molecule has 288 valence electrons. The number of nitrogens with zero attached hydrogens (tertiary/aromatic N) is 4. The molecule has 0 saturated carbocycles. The Hall–Kier alpha value is -7.71. The fraction of sp³-hybridized carbons (Fsp3) is 0. The van der Waals surface area contributed by atoms with E-state index in [0.29, 0.717) is 17.5 Å². The lowest BCUT2D eigenvalue weighted by atomic mass is 10.0. The second kappa shape index (κ2) is 12.9. The van der Waals surface area contributed by atoms with E-state index < -0.39 is 0 Å². The Morgan fingerprint density at radius 3 is 1.56 bits per heavy atom. The van der Waals surface area contributed by atoms with Crippen LogP contribution in [0.2, 0.25) is 0 Å². The van der Waals surface area contributed by atoms with Crippen LogP contribution in [0.1, 0.15) is 0 Å². The summed E-state index contributed by atoms with van der Waals surface area (Å²) < 4.78 is 13.9. The van der Waals surface area contributed by atoms with Gasteiger partial charge in [0.15, 0.2) is 17.5 Å². The van der Waals surface area contributed by atoms with Crippen LogP contribution in [0.25, 0.3) is 135 Å². The van der Waals surface area contributed by atoms with Crippen molar-refractivity contribution in [3.05, 3.63) is 182 Å². The summed E-state index contributed by atoms with van der Waals surface area (Å²) in [5.74, 6) is 1.85. The number of aromatic nitrogens is 4. The molecule has 0 atom stereocenters. The molecule has 0 amide bonds. The highest BCUT2D eigenvalue weighted by atomic mass is 32.1. The minimum atomic E-state index is 0.590. The Balaban J connectivity index is 1.14. The van der Waals surface area contributed by atoms with E-state index in [0.717, 1.165) is 66.1 Å². The minimum Gasteiger partial charge on any atom is -0.456 e. The zero-order valence-corrected chi connectivity index (χ0v) is 34.5. The van der Waals surface area contributed by atoms with E-state index >= 15 is 0 Å². The van der Waals surface area contributed by atoms with E-state index in [1.807, 2.05) is 12.1 Å². The number of para-hydroxylation sites is 2. The molecule has 7 heteroatoms. The molecule has 62 heavy (non-hydrogen) atoms. The largest absolute Gasteiger partial charge is 0.456 e. The molecule has 0 bridgehead atoms. The number of benzene rings is 9. The van der Waals surface area contributed by atoms with Gasteiger partial charge < -0.3 is 8.98 Å². The highest BCUT2D eigenvalue weighted by molar-refractivity contribution is 7.26. The van der Waals surface area contributed by atoms with Gasteiger partial charge in [-0.2, -0.15) is 0 Å². The maximum absolute atomic E-state index is 6.66. The predicted molar refractivity (Wildman–Crippen MR) is 261 cm³/mol. The molecule has 0 unspecified atom stereocenters. The zero-order valence-electron chi connectivity index (χ0n) is 32.8. The van der Waals surface area contributed by atoms with E-state index in [9.17, 15) is 0 Å². The highest BCUT2D eigenvalue weighted by Gasteiger charge is 2.24. The second-order valence-corrected chi connectivity index (χ2v) is 18.1. The Bertz CT molecular complexity index is 4060. The first-order chi connectivity index (χ1) is 30.7. The topological polar surface area (TPSA) is 56.7 Å². The molecule has 0 N–H and O–H groups in total. The molecule has 0 aliphatic carbocycles. The van der Waals surface area contributed by atoms with Gasteiger partial charge in [0.25, 0.3) is 0 Å². The molecule has 0 spiro atoms. The first-order valence-electron chi connectivity index (χ1n) is 20.7. The summed E-state index contributed by atoms with van der Waals surface area (Å²) in [5, 5.41) is 11.5. The van der Waals surface area contributed by atoms with Crippen molar-refractivity contribution >= 4 is 118 Å². The highest BCUT2D eigenvalue weighted by Crippen LogP contribution is 2.45. The molecule has 0 aliphatic rings. The van der Waals surface area contributed by atoms with Crippen LogP contribution in [0.15, 0.2) is 186 Å². The fourth-order valence-corrected chi connectivity index (χ4v) is 12.0. The summed E-state index contributed by atoms with van der Waals surface area (Å²) >= 11 is 3.60. The number of furan rings is 1. The molecule has 0 saturated heterocycles. The number of hydrogen-bond donors (Lipinski definition) is 0. The SMILES string of the molecule is c1ccc2cc3c(cc2c1)c1ccccc1n3-c1cc2oc3ccccc3c2cc1-c1nc(-c2cccc3sc4ccccc4c23)nc(-c2cccc3sc4ccccc4c23)n1. The average Bonchev–Trinajstić information content (AvgIpc) is 4.09. The van der Waals surface area contributed by atoms with Crippen LogP contribution in [0.3, 0.4) is 0 Å². The van der Waals surface area contributed by atoms with E-state index in [2.05, 4.69) is 174 Å². The van der Waals surface area contributed by atoms with Gasteiger partial charge in [0.05, 0.1) is 16.7 Å². The molecule has 14 rings (SSSR count). The van der Waals surface area contributed by atoms with Crippen molar-refractivity contribution in [3.8, 4) is 39.9 Å². The molecule has 0 radical (unpaired) electrons. The van der Waals surface area contributed by atoms with E-state index in [4.69, 9.17) is 19.4 Å². The third-order valence-corrected chi connectivity index (χ3v) is 14.7. The third kappa shape index (κ3) is 4.92. The lowest BCUT2D eigenvalue weighted by Gasteiger charge is -2.16. The van der Waals surface area contributed by atoms with E-state index in [-0.39, 0.29) is 0 Å². The minimum absolute atomic E-state index is 0.590. The molecule has 14 aromatic rings. The standard InChI is InChI=1S/C55H30N4OS2/c1-2-14-32-28-43-39(27-31(32)13-1)33-15-3-7-21-42(33)59(43)44-30-46-40(34-16-4-8-22-45(34)60-46)29-41(44)55-57-53(37-19-11-25-49-51(37)35-17-5-9-23-47(35)61-49)56-54(58-55)38-20-12-26-50-52(38)36-18-6-10-24-48(36)62-50/h1-30H. The van der Waals surface area contributed by atoms with Gasteiger partial charge in [-0.05, 0) is 65.4 Å². The molecule has 5 heterocycles. The normalized spacial score (nSPS) is 12.2. The second-order valence-electron chi connectivity index (χ2n) is 15.9. The summed E-state index contributed by atoms with van der Waals surface area (Å²) in [4.78, 5) is 16.6. The molecule has 5 nitrogen and oxygen atoms in total. The first kappa shape index (κ1) is 34.0. The van der Waals surface area contributed by atoms with Crippen LogP contribution in [0, 0.1) is 0 Å². The summed E-state index contributed by atoms with van der Waals surface area (Å²) in [5.41, 5.74) is 7.60.